The second-order valence-electron chi connectivity index (χ2n) is 3.96. The van der Waals surface area contributed by atoms with Gasteiger partial charge in [0.05, 0.1) is 4.88 Å². The zero-order valence-electron chi connectivity index (χ0n) is 9.02. The molecule has 2 nitrogen and oxygen atoms in total. The summed E-state index contributed by atoms with van der Waals surface area (Å²) in [6.07, 6.45) is 0.944. The smallest absolute Gasteiger partial charge is 0.268 e. The highest BCUT2D eigenvalue weighted by molar-refractivity contribution is 9.10. The first-order valence-electron chi connectivity index (χ1n) is 5.39. The number of anilines is 1. The molecule has 1 aliphatic heterocycles. The van der Waals surface area contributed by atoms with Crippen LogP contribution >= 0.6 is 27.3 Å². The molecule has 0 saturated heterocycles. The van der Waals surface area contributed by atoms with Crippen LogP contribution < -0.4 is 4.90 Å². The van der Waals surface area contributed by atoms with E-state index in [4.69, 9.17) is 0 Å². The van der Waals surface area contributed by atoms with Gasteiger partial charge in [-0.15, -0.1) is 11.3 Å². The number of halogens is 1. The summed E-state index contributed by atoms with van der Waals surface area (Å²) in [6, 6.07) is 9.92. The van der Waals surface area contributed by atoms with Gasteiger partial charge in [-0.2, -0.15) is 0 Å². The van der Waals surface area contributed by atoms with Crippen molar-refractivity contribution in [3.05, 3.63) is 50.6 Å². The molecule has 0 spiro atoms. The Morgan fingerprint density at radius 3 is 3.00 bits per heavy atom. The predicted octanol–water partition coefficient (Wildman–Crippen LogP) is 3.71. The lowest BCUT2D eigenvalue weighted by atomic mass is 10.2. The predicted molar refractivity (Wildman–Crippen MR) is 73.8 cm³/mol. The van der Waals surface area contributed by atoms with E-state index < -0.39 is 0 Å². The van der Waals surface area contributed by atoms with Crippen molar-refractivity contribution in [2.24, 2.45) is 0 Å². The second kappa shape index (κ2) is 4.27. The van der Waals surface area contributed by atoms with Crippen LogP contribution in [0.15, 0.2) is 40.2 Å². The molecule has 1 amide bonds. The summed E-state index contributed by atoms with van der Waals surface area (Å²) >= 11 is 4.95. The fourth-order valence-electron chi connectivity index (χ4n) is 2.10. The van der Waals surface area contributed by atoms with Crippen molar-refractivity contribution in [1.82, 2.24) is 0 Å². The van der Waals surface area contributed by atoms with Gasteiger partial charge in [-0.1, -0.05) is 28.1 Å². The fraction of sp³-hybridized carbons (Fsp3) is 0.154. The summed E-state index contributed by atoms with van der Waals surface area (Å²) < 4.78 is 1.02. The minimum Gasteiger partial charge on any atom is -0.307 e. The zero-order chi connectivity index (χ0) is 11.8. The van der Waals surface area contributed by atoms with Crippen LogP contribution in [0.25, 0.3) is 0 Å². The molecule has 0 bridgehead atoms. The first kappa shape index (κ1) is 11.0. The molecule has 86 valence electrons. The lowest BCUT2D eigenvalue weighted by Crippen LogP contribution is -2.28. The van der Waals surface area contributed by atoms with Gasteiger partial charge in [0.25, 0.3) is 5.91 Å². The van der Waals surface area contributed by atoms with E-state index in [2.05, 4.69) is 22.0 Å². The molecule has 2 aromatic rings. The van der Waals surface area contributed by atoms with Crippen molar-refractivity contribution in [3.8, 4) is 0 Å². The molecule has 0 fully saturated rings. The number of hydrogen-bond donors (Lipinski definition) is 0. The molecule has 0 atom stereocenters. The average molecular weight is 308 g/mol. The molecule has 1 aliphatic rings. The highest BCUT2D eigenvalue weighted by atomic mass is 79.9. The second-order valence-corrected chi connectivity index (χ2v) is 5.82. The van der Waals surface area contributed by atoms with Crippen molar-refractivity contribution in [2.75, 3.05) is 11.4 Å². The topological polar surface area (TPSA) is 20.3 Å². The van der Waals surface area contributed by atoms with Crippen LogP contribution in [0.4, 0.5) is 5.69 Å². The Labute approximate surface area is 112 Å². The monoisotopic (exact) mass is 307 g/mol. The quantitative estimate of drug-likeness (QED) is 0.786. The summed E-state index contributed by atoms with van der Waals surface area (Å²) in [5, 5.41) is 1.94. The van der Waals surface area contributed by atoms with Crippen molar-refractivity contribution < 1.29 is 4.79 Å². The molecule has 1 aromatic carbocycles. The lowest BCUT2D eigenvalue weighted by Gasteiger charge is -2.16. The highest BCUT2D eigenvalue weighted by Crippen LogP contribution is 2.32. The van der Waals surface area contributed by atoms with E-state index in [9.17, 15) is 4.79 Å². The van der Waals surface area contributed by atoms with Crippen LogP contribution in [0.3, 0.4) is 0 Å². The van der Waals surface area contributed by atoms with Gasteiger partial charge in [-0.3, -0.25) is 4.79 Å². The maximum atomic E-state index is 12.3. The third-order valence-electron chi connectivity index (χ3n) is 2.92. The SMILES string of the molecule is O=C(c1cccs1)N1CCc2ccc(Br)cc21. The van der Waals surface area contributed by atoms with Crippen LogP contribution in [-0.4, -0.2) is 12.5 Å². The minimum atomic E-state index is 0.108. The number of rotatable bonds is 1. The maximum Gasteiger partial charge on any atom is 0.268 e. The Morgan fingerprint density at radius 2 is 2.24 bits per heavy atom. The van der Waals surface area contributed by atoms with E-state index in [1.54, 1.807) is 0 Å². The molecule has 0 aliphatic carbocycles. The summed E-state index contributed by atoms with van der Waals surface area (Å²) in [5.41, 5.74) is 2.29. The molecule has 4 heteroatoms. The maximum absolute atomic E-state index is 12.3. The third-order valence-corrected chi connectivity index (χ3v) is 4.27. The van der Waals surface area contributed by atoms with Crippen LogP contribution in [0.1, 0.15) is 15.2 Å². The van der Waals surface area contributed by atoms with Crippen LogP contribution in [0, 0.1) is 0 Å². The molecule has 0 radical (unpaired) electrons. The largest absolute Gasteiger partial charge is 0.307 e. The molecule has 0 saturated carbocycles. The summed E-state index contributed by atoms with van der Waals surface area (Å²) in [6.45, 7) is 0.780. The summed E-state index contributed by atoms with van der Waals surface area (Å²) in [5.74, 6) is 0.108. The molecule has 1 aromatic heterocycles. The number of hydrogen-bond acceptors (Lipinski definition) is 2. The normalized spacial score (nSPS) is 13.8. The fourth-order valence-corrected chi connectivity index (χ4v) is 3.12. The van der Waals surface area contributed by atoms with Crippen molar-refractivity contribution in [2.45, 2.75) is 6.42 Å². The Hall–Kier alpha value is -1.13. The lowest BCUT2D eigenvalue weighted by molar-refractivity contribution is 0.0993. The van der Waals surface area contributed by atoms with E-state index in [-0.39, 0.29) is 5.91 Å². The summed E-state index contributed by atoms with van der Waals surface area (Å²) in [4.78, 5) is 15.0. The van der Waals surface area contributed by atoms with Crippen molar-refractivity contribution >= 4 is 38.9 Å². The highest BCUT2D eigenvalue weighted by Gasteiger charge is 2.25. The van der Waals surface area contributed by atoms with E-state index in [1.165, 1.54) is 16.9 Å². The number of thiophene rings is 1. The van der Waals surface area contributed by atoms with Crippen molar-refractivity contribution in [1.29, 1.82) is 0 Å². The van der Waals surface area contributed by atoms with Crippen LogP contribution in [-0.2, 0) is 6.42 Å². The third kappa shape index (κ3) is 1.91. The molecule has 2 heterocycles. The Balaban J connectivity index is 1.98. The number of benzene rings is 1. The van der Waals surface area contributed by atoms with Gasteiger partial charge in [0, 0.05) is 16.7 Å². The van der Waals surface area contributed by atoms with Crippen LogP contribution in [0.2, 0.25) is 0 Å². The minimum absolute atomic E-state index is 0.108. The first-order chi connectivity index (χ1) is 8.25. The number of carbonyl (C=O) groups is 1. The van der Waals surface area contributed by atoms with E-state index >= 15 is 0 Å². The van der Waals surface area contributed by atoms with E-state index in [1.807, 2.05) is 34.5 Å². The van der Waals surface area contributed by atoms with Gasteiger partial charge in [0.2, 0.25) is 0 Å². The number of amides is 1. The standard InChI is InChI=1S/C13H10BrNOS/c14-10-4-3-9-5-6-15(11(9)8-10)13(16)12-2-1-7-17-12/h1-4,7-8H,5-6H2. The van der Waals surface area contributed by atoms with Gasteiger partial charge < -0.3 is 4.90 Å². The molecular weight excluding hydrogens is 298 g/mol. The first-order valence-corrected chi connectivity index (χ1v) is 7.07. The van der Waals surface area contributed by atoms with Gasteiger partial charge in [-0.25, -0.2) is 0 Å². The van der Waals surface area contributed by atoms with Crippen molar-refractivity contribution in [3.63, 3.8) is 0 Å². The average Bonchev–Trinajstić information content (AvgIpc) is 2.97. The van der Waals surface area contributed by atoms with E-state index in [0.29, 0.717) is 0 Å². The van der Waals surface area contributed by atoms with Crippen LogP contribution in [0.5, 0.6) is 0 Å². The zero-order valence-corrected chi connectivity index (χ0v) is 11.4. The number of carbonyl (C=O) groups excluding carboxylic acids is 1. The molecule has 0 unspecified atom stereocenters. The Bertz CT molecular complexity index is 565. The van der Waals surface area contributed by atoms with Gasteiger partial charge in [-0.05, 0) is 35.6 Å². The van der Waals surface area contributed by atoms with E-state index in [0.717, 1.165) is 28.0 Å². The Kier molecular flexibility index (Phi) is 2.76. The molecule has 3 rings (SSSR count). The van der Waals surface area contributed by atoms with Gasteiger partial charge in [0.15, 0.2) is 0 Å². The molecule has 0 N–H and O–H groups in total. The van der Waals surface area contributed by atoms with Gasteiger partial charge >= 0.3 is 0 Å². The molecule has 17 heavy (non-hydrogen) atoms. The Morgan fingerprint density at radius 1 is 1.35 bits per heavy atom. The summed E-state index contributed by atoms with van der Waals surface area (Å²) in [7, 11) is 0. The number of nitrogens with zero attached hydrogens (tertiary/aromatic N) is 1. The molecular formula is C13H10BrNOS. The van der Waals surface area contributed by atoms with Gasteiger partial charge in [0.1, 0.15) is 0 Å². The number of fused-ring (bicyclic) bond motifs is 1.